The Morgan fingerprint density at radius 2 is 2.55 bits per heavy atom. The summed E-state index contributed by atoms with van der Waals surface area (Å²) >= 11 is 0. The largest absolute Gasteiger partial charge is 0.306 e. The van der Waals surface area contributed by atoms with Gasteiger partial charge in [-0.3, -0.25) is 0 Å². The molecule has 2 heteroatoms. The van der Waals surface area contributed by atoms with Gasteiger partial charge in [0, 0.05) is 0 Å². The summed E-state index contributed by atoms with van der Waals surface area (Å²) in [7, 11) is 0. The summed E-state index contributed by atoms with van der Waals surface area (Å²) in [6.07, 6.45) is 0. The maximum absolute atomic E-state index is 8.50. The van der Waals surface area contributed by atoms with Gasteiger partial charge < -0.3 is 4.85 Å². The molecule has 0 N–H and O–H groups in total. The monoisotopic (exact) mass is 141 g/mol. The summed E-state index contributed by atoms with van der Waals surface area (Å²) in [6.45, 7) is 6.69. The van der Waals surface area contributed by atoms with E-state index in [0.29, 0.717) is 5.56 Å². The van der Waals surface area contributed by atoms with Gasteiger partial charge >= 0.3 is 0 Å². The van der Waals surface area contributed by atoms with Crippen molar-refractivity contribution >= 4 is 0 Å². The molecule has 0 spiro atoms. The first-order chi connectivity index (χ1) is 5.38. The fraction of sp³-hybridized carbons (Fsp3) is 0.111. The Hall–Kier alpha value is -1.80. The minimum Gasteiger partial charge on any atom is -0.306 e. The topological polar surface area (TPSA) is 28.1 Å². The third-order valence-corrected chi connectivity index (χ3v) is 1.30. The van der Waals surface area contributed by atoms with Crippen LogP contribution in [0.2, 0.25) is 0 Å². The van der Waals surface area contributed by atoms with Gasteiger partial charge in [-0.15, -0.1) is 0 Å². The molecule has 0 saturated carbocycles. The van der Waals surface area contributed by atoms with Crippen molar-refractivity contribution in [1.82, 2.24) is 0 Å². The fourth-order valence-electron chi connectivity index (χ4n) is 0.755. The number of nitriles is 1. The van der Waals surface area contributed by atoms with Crippen molar-refractivity contribution in [3.8, 4) is 6.07 Å². The van der Waals surface area contributed by atoms with E-state index in [1.165, 1.54) is 0 Å². The molecule has 0 heterocycles. The Bertz CT molecular complexity index is 289. The normalized spacial score (nSPS) is 11.1. The van der Waals surface area contributed by atoms with Gasteiger partial charge in [0.25, 0.3) is 6.04 Å². The number of hydrogen-bond acceptors (Lipinski definition) is 1. The molecule has 0 aromatic heterocycles. The summed E-state index contributed by atoms with van der Waals surface area (Å²) in [4.78, 5) is 3.15. The average Bonchev–Trinajstić information content (AvgIpc) is 2.09. The third-order valence-electron chi connectivity index (χ3n) is 1.30. The van der Waals surface area contributed by atoms with Crippen molar-refractivity contribution in [2.24, 2.45) is 0 Å². The van der Waals surface area contributed by atoms with E-state index in [1.807, 2.05) is 6.07 Å². The van der Waals surface area contributed by atoms with Crippen LogP contribution in [-0.4, -0.2) is 0 Å². The Morgan fingerprint density at radius 1 is 1.73 bits per heavy atom. The Kier molecular flexibility index (Phi) is 2.25. The van der Waals surface area contributed by atoms with Gasteiger partial charge in [-0.2, -0.15) is 35.6 Å². The van der Waals surface area contributed by atoms with Gasteiger partial charge in [-0.05, 0) is 0 Å². The van der Waals surface area contributed by atoms with Crippen molar-refractivity contribution in [1.29, 1.82) is 5.26 Å². The standard InChI is InChI=1S/C9H5N2/c1-11-9(7-10)8-5-3-2-4-6-8/h2-3,5-6,9H/q-1. The molecular formula is C9H5N2-. The highest BCUT2D eigenvalue weighted by Crippen LogP contribution is 2.14. The lowest BCUT2D eigenvalue weighted by atomic mass is 10.1. The van der Waals surface area contributed by atoms with Gasteiger partial charge in [-0.1, -0.05) is 5.56 Å². The molecule has 11 heavy (non-hydrogen) atoms. The van der Waals surface area contributed by atoms with E-state index in [2.05, 4.69) is 10.9 Å². The summed E-state index contributed by atoms with van der Waals surface area (Å²) in [5.74, 6) is 0. The SMILES string of the molecule is [C-]#[N+]C(C#N)c1c[c-]ccc1. The Morgan fingerprint density at radius 3 is 3.00 bits per heavy atom. The van der Waals surface area contributed by atoms with Gasteiger partial charge in [0.05, 0.1) is 0 Å². The zero-order chi connectivity index (χ0) is 8.10. The van der Waals surface area contributed by atoms with Crippen LogP contribution in [0.25, 0.3) is 4.85 Å². The van der Waals surface area contributed by atoms with Crippen LogP contribution in [0.15, 0.2) is 24.3 Å². The van der Waals surface area contributed by atoms with Crippen molar-refractivity contribution in [3.63, 3.8) is 0 Å². The second kappa shape index (κ2) is 3.39. The second-order valence-corrected chi connectivity index (χ2v) is 2.00. The van der Waals surface area contributed by atoms with Crippen LogP contribution in [0.5, 0.6) is 0 Å². The fourth-order valence-corrected chi connectivity index (χ4v) is 0.755. The Balaban J connectivity index is 2.96. The molecule has 1 aromatic carbocycles. The molecular weight excluding hydrogens is 136 g/mol. The van der Waals surface area contributed by atoms with Gasteiger partial charge in [0.2, 0.25) is 0 Å². The summed E-state index contributed by atoms with van der Waals surface area (Å²) in [5, 5.41) is 8.50. The predicted octanol–water partition coefficient (Wildman–Crippen LogP) is 1.97. The zero-order valence-corrected chi connectivity index (χ0v) is 5.78. The molecule has 1 unspecified atom stereocenters. The highest BCUT2D eigenvalue weighted by Gasteiger charge is 2.05. The smallest absolute Gasteiger partial charge is 0.292 e. The summed E-state index contributed by atoms with van der Waals surface area (Å²) < 4.78 is 0. The molecule has 1 rings (SSSR count). The maximum Gasteiger partial charge on any atom is 0.292 e. The van der Waals surface area contributed by atoms with E-state index in [1.54, 1.807) is 24.3 Å². The van der Waals surface area contributed by atoms with E-state index < -0.39 is 6.04 Å². The maximum atomic E-state index is 8.50. The number of benzene rings is 1. The van der Waals surface area contributed by atoms with Crippen LogP contribution < -0.4 is 0 Å². The van der Waals surface area contributed by atoms with Crippen LogP contribution in [-0.2, 0) is 0 Å². The van der Waals surface area contributed by atoms with Crippen LogP contribution >= 0.6 is 0 Å². The lowest BCUT2D eigenvalue weighted by Gasteiger charge is -2.01. The molecule has 52 valence electrons. The number of rotatable bonds is 1. The first-order valence-corrected chi connectivity index (χ1v) is 3.10. The van der Waals surface area contributed by atoms with Crippen LogP contribution in [0.4, 0.5) is 0 Å². The second-order valence-electron chi connectivity index (χ2n) is 2.00. The van der Waals surface area contributed by atoms with Crippen molar-refractivity contribution < 1.29 is 0 Å². The molecule has 0 amide bonds. The Labute approximate surface area is 65.5 Å². The highest BCUT2D eigenvalue weighted by molar-refractivity contribution is 5.26. The molecule has 1 aromatic rings. The first-order valence-electron chi connectivity index (χ1n) is 3.10. The van der Waals surface area contributed by atoms with Crippen molar-refractivity contribution in [3.05, 3.63) is 47.3 Å². The minimum absolute atomic E-state index is 0.674. The van der Waals surface area contributed by atoms with Crippen molar-refractivity contribution in [2.75, 3.05) is 0 Å². The molecule has 0 fully saturated rings. The number of nitrogens with zero attached hydrogens (tertiary/aromatic N) is 2. The lowest BCUT2D eigenvalue weighted by molar-refractivity contribution is 1.09. The number of hydrogen-bond donors (Lipinski definition) is 0. The van der Waals surface area contributed by atoms with Gasteiger partial charge in [-0.25, -0.2) is 6.57 Å². The molecule has 0 aliphatic heterocycles. The van der Waals surface area contributed by atoms with Crippen molar-refractivity contribution in [2.45, 2.75) is 6.04 Å². The van der Waals surface area contributed by atoms with Crippen LogP contribution in [0, 0.1) is 24.0 Å². The summed E-state index contributed by atoms with van der Waals surface area (Å²) in [6, 6.07) is 11.0. The molecule has 1 atom stereocenters. The van der Waals surface area contributed by atoms with Gasteiger partial charge in [0.1, 0.15) is 6.07 Å². The van der Waals surface area contributed by atoms with Gasteiger partial charge in [0.15, 0.2) is 0 Å². The van der Waals surface area contributed by atoms with E-state index in [9.17, 15) is 0 Å². The van der Waals surface area contributed by atoms with E-state index in [0.717, 1.165) is 0 Å². The van der Waals surface area contributed by atoms with Crippen LogP contribution in [0.3, 0.4) is 0 Å². The molecule has 0 aliphatic carbocycles. The lowest BCUT2D eigenvalue weighted by Crippen LogP contribution is -1.86. The molecule has 0 saturated heterocycles. The third kappa shape index (κ3) is 1.56. The average molecular weight is 141 g/mol. The molecule has 0 radical (unpaired) electrons. The quantitative estimate of drug-likeness (QED) is 0.549. The predicted molar refractivity (Wildman–Crippen MR) is 40.2 cm³/mol. The van der Waals surface area contributed by atoms with Crippen LogP contribution in [0.1, 0.15) is 11.6 Å². The van der Waals surface area contributed by atoms with E-state index in [-0.39, 0.29) is 0 Å². The van der Waals surface area contributed by atoms with E-state index >= 15 is 0 Å². The minimum atomic E-state index is -0.674. The molecule has 2 nitrogen and oxygen atoms in total. The zero-order valence-electron chi connectivity index (χ0n) is 5.78. The highest BCUT2D eigenvalue weighted by atomic mass is 14.7. The molecule has 0 bridgehead atoms. The van der Waals surface area contributed by atoms with E-state index in [4.69, 9.17) is 11.8 Å². The summed E-state index contributed by atoms with van der Waals surface area (Å²) in [5.41, 5.74) is 0.713. The molecule has 0 aliphatic rings. The first kappa shape index (κ1) is 7.31.